The molecule has 0 spiro atoms. The Morgan fingerprint density at radius 1 is 0.373 bits per heavy atom. The van der Waals surface area contributed by atoms with E-state index in [4.69, 9.17) is 31.7 Å². The van der Waals surface area contributed by atoms with E-state index in [1.54, 1.807) is 0 Å². The molecule has 11 heteroatoms. The zero-order valence-electron chi connectivity index (χ0n) is 35.0. The van der Waals surface area contributed by atoms with Crippen LogP contribution in [0.2, 0.25) is 0 Å². The van der Waals surface area contributed by atoms with Crippen LogP contribution < -0.4 is 32.0 Å². The normalized spacial score (nSPS) is 12.2. The maximum atomic E-state index is 7.21. The zero-order valence-corrected chi connectivity index (χ0v) is 37.9. The van der Waals surface area contributed by atoms with Gasteiger partial charge in [-0.3, -0.25) is 0 Å². The van der Waals surface area contributed by atoms with Crippen LogP contribution in [0.4, 0.5) is 0 Å². The molecule has 8 nitrogen and oxygen atoms in total. The number of nitrogens with one attached hydrogen (secondary N) is 1. The minimum atomic E-state index is -5.30. The van der Waals surface area contributed by atoms with Gasteiger partial charge in [-0.15, -0.1) is 0 Å². The van der Waals surface area contributed by atoms with Crippen molar-refractivity contribution in [3.63, 3.8) is 0 Å². The van der Waals surface area contributed by atoms with E-state index in [0.717, 1.165) is 71.9 Å². The van der Waals surface area contributed by atoms with E-state index in [9.17, 15) is 0 Å². The summed E-state index contributed by atoms with van der Waals surface area (Å²) >= 11 is 0. The molecule has 310 valence electrons. The molecule has 0 saturated carbocycles. The Kier molecular flexibility index (Phi) is 14.8. The standard InChI is InChI=1S/C48H57N2O6P3/c1-7-37-13-25-43(26-14-37)51-58(52-44-27-15-38(8-2)16-28-44,53-45-29-17-39(9-3)18-30-45)50-59(49-57,54-46-31-19-40(10-4)20-32-46,55-47-33-21-41(11-5)22-34-47)56-48-35-23-42(12-6)24-36-48/h13-36,49H,7-12,57H2,1-6H3. The van der Waals surface area contributed by atoms with Crippen molar-refractivity contribution in [2.75, 3.05) is 0 Å². The molecule has 0 fully saturated rings. The molecule has 1 unspecified atom stereocenters. The molecule has 0 aliphatic rings. The number of rotatable bonds is 20. The van der Waals surface area contributed by atoms with Crippen molar-refractivity contribution < 1.29 is 27.1 Å². The third-order valence-corrected chi connectivity index (χ3v) is 16.7. The molecule has 0 aliphatic carbocycles. The molecular weight excluding hydrogens is 793 g/mol. The molecule has 0 saturated heterocycles. The fourth-order valence-corrected chi connectivity index (χ4v) is 12.7. The van der Waals surface area contributed by atoms with Crippen LogP contribution in [0.1, 0.15) is 74.9 Å². The van der Waals surface area contributed by atoms with Crippen LogP contribution in [-0.4, -0.2) is 0 Å². The quantitative estimate of drug-likeness (QED) is 0.0766. The second-order valence-electron chi connectivity index (χ2n) is 14.1. The number of benzene rings is 6. The van der Waals surface area contributed by atoms with E-state index in [0.29, 0.717) is 34.5 Å². The van der Waals surface area contributed by atoms with Crippen LogP contribution in [0.5, 0.6) is 34.5 Å². The molecule has 0 aliphatic heterocycles. The average molecular weight is 851 g/mol. The number of hydrogen-bond acceptors (Lipinski definition) is 8. The second-order valence-corrected chi connectivity index (χ2v) is 19.5. The average Bonchev–Trinajstić information content (AvgIpc) is 3.28. The molecule has 6 rings (SSSR count). The summed E-state index contributed by atoms with van der Waals surface area (Å²) in [6.07, 6.45) is 5.14. The summed E-state index contributed by atoms with van der Waals surface area (Å²) in [6.45, 7) is 12.7. The maximum absolute atomic E-state index is 7.21. The van der Waals surface area contributed by atoms with Gasteiger partial charge in [0.15, 0.2) is 0 Å². The Morgan fingerprint density at radius 2 is 0.576 bits per heavy atom. The zero-order chi connectivity index (χ0) is 41.7. The first-order chi connectivity index (χ1) is 28.6. The summed E-state index contributed by atoms with van der Waals surface area (Å²) < 4.78 is 48.4. The van der Waals surface area contributed by atoms with Crippen LogP contribution in [-0.2, 0) is 38.5 Å². The van der Waals surface area contributed by atoms with Gasteiger partial charge in [-0.1, -0.05) is 0 Å². The van der Waals surface area contributed by atoms with Crippen LogP contribution in [0.15, 0.2) is 150 Å². The van der Waals surface area contributed by atoms with E-state index in [2.05, 4.69) is 55.8 Å². The van der Waals surface area contributed by atoms with Gasteiger partial charge in [0, 0.05) is 0 Å². The Labute approximate surface area is 353 Å². The van der Waals surface area contributed by atoms with Gasteiger partial charge < -0.3 is 0 Å². The molecule has 0 heterocycles. The summed E-state index contributed by atoms with van der Waals surface area (Å²) in [4.78, 5) is 3.33. The van der Waals surface area contributed by atoms with Crippen LogP contribution >= 0.6 is 24.7 Å². The van der Waals surface area contributed by atoms with Crippen molar-refractivity contribution in [2.24, 2.45) is 4.52 Å². The predicted molar refractivity (Wildman–Crippen MR) is 248 cm³/mol. The third-order valence-electron chi connectivity index (χ3n) is 9.93. The summed E-state index contributed by atoms with van der Waals surface area (Å²) in [5.41, 5.74) is 6.85. The van der Waals surface area contributed by atoms with Crippen molar-refractivity contribution in [1.82, 2.24) is 4.86 Å². The van der Waals surface area contributed by atoms with Gasteiger partial charge in [0.2, 0.25) is 0 Å². The monoisotopic (exact) mass is 850 g/mol. The van der Waals surface area contributed by atoms with Crippen molar-refractivity contribution >= 4 is 24.7 Å². The minimum absolute atomic E-state index is 0.443. The first-order valence-electron chi connectivity index (χ1n) is 20.5. The molecule has 0 bridgehead atoms. The van der Waals surface area contributed by atoms with E-state index in [1.165, 1.54) is 0 Å². The number of hydrogen-bond donors (Lipinski definition) is 1. The van der Waals surface area contributed by atoms with Crippen molar-refractivity contribution in [3.05, 3.63) is 179 Å². The van der Waals surface area contributed by atoms with Gasteiger partial charge >= 0.3 is 355 Å². The number of nitrogens with zero attached hydrogens (tertiary/aromatic N) is 1. The topological polar surface area (TPSA) is 79.8 Å². The number of aryl methyl sites for hydroxylation is 6. The van der Waals surface area contributed by atoms with Gasteiger partial charge in [-0.2, -0.15) is 0 Å². The van der Waals surface area contributed by atoms with Gasteiger partial charge in [-0.05, 0) is 0 Å². The van der Waals surface area contributed by atoms with Crippen LogP contribution in [0, 0.1) is 0 Å². The fourth-order valence-electron chi connectivity index (χ4n) is 6.19. The summed E-state index contributed by atoms with van der Waals surface area (Å²) in [6, 6.07) is 47.0. The van der Waals surface area contributed by atoms with Crippen LogP contribution in [0.25, 0.3) is 0 Å². The Balaban J connectivity index is 1.72. The Morgan fingerprint density at radius 3 is 0.763 bits per heavy atom. The predicted octanol–water partition coefficient (Wildman–Crippen LogP) is 14.3. The van der Waals surface area contributed by atoms with E-state index in [-0.39, 0.29) is 0 Å². The molecule has 6 aromatic carbocycles. The van der Waals surface area contributed by atoms with Gasteiger partial charge in [0.25, 0.3) is 0 Å². The molecule has 1 atom stereocenters. The van der Waals surface area contributed by atoms with Gasteiger partial charge in [-0.25, -0.2) is 0 Å². The van der Waals surface area contributed by atoms with Crippen molar-refractivity contribution in [2.45, 2.75) is 80.1 Å². The first kappa shape index (κ1) is 43.7. The van der Waals surface area contributed by atoms with Gasteiger partial charge in [0.1, 0.15) is 0 Å². The molecule has 6 aromatic rings. The Hall–Kier alpha value is -4.83. The van der Waals surface area contributed by atoms with E-state index in [1.807, 2.05) is 146 Å². The molecule has 0 amide bonds. The second kappa shape index (κ2) is 19.9. The molecule has 0 aromatic heterocycles. The van der Waals surface area contributed by atoms with E-state index < -0.39 is 15.3 Å². The summed E-state index contributed by atoms with van der Waals surface area (Å²) in [7, 11) is -6.89. The van der Waals surface area contributed by atoms with Gasteiger partial charge in [0.05, 0.1) is 0 Å². The Bertz CT molecular complexity index is 2030. The third kappa shape index (κ3) is 11.3. The van der Waals surface area contributed by atoms with E-state index >= 15 is 0 Å². The van der Waals surface area contributed by atoms with Crippen molar-refractivity contribution in [1.29, 1.82) is 0 Å². The summed E-state index contributed by atoms with van der Waals surface area (Å²) in [5, 5.41) is 0. The molecular formula is C48H57N2O6P3. The summed E-state index contributed by atoms with van der Waals surface area (Å²) in [5.74, 6) is 2.75. The molecule has 1 N–H and O–H groups in total. The van der Waals surface area contributed by atoms with Crippen LogP contribution in [0.3, 0.4) is 0 Å². The van der Waals surface area contributed by atoms with Crippen molar-refractivity contribution in [3.8, 4) is 34.5 Å². The first-order valence-corrected chi connectivity index (χ1v) is 24.5. The fraction of sp³-hybridized carbons (Fsp3) is 0.250. The molecule has 59 heavy (non-hydrogen) atoms. The molecule has 0 radical (unpaired) electrons. The SMILES string of the molecule is CCc1ccc(OP(=NP(NP)(Oc2ccc(CC)cc2)(Oc2ccc(CC)cc2)Oc2ccc(CC)cc2)(Oc2ccc(CC)cc2)Oc2ccc(CC)cc2)cc1.